The number of hydrogen-bond donors (Lipinski definition) is 2. The zero-order chi connectivity index (χ0) is 28.3. The summed E-state index contributed by atoms with van der Waals surface area (Å²) < 4.78 is 34.1. The predicted molar refractivity (Wildman–Crippen MR) is 148 cm³/mol. The third-order valence-corrected chi connectivity index (χ3v) is 8.23. The highest BCUT2D eigenvalue weighted by Crippen LogP contribution is 2.39. The van der Waals surface area contributed by atoms with Gasteiger partial charge in [-0.3, -0.25) is 4.40 Å². The minimum atomic E-state index is -0.856. The number of nitriles is 1. The monoisotopic (exact) mass is 555 g/mol. The lowest BCUT2D eigenvalue weighted by molar-refractivity contribution is -0.0492. The molecule has 1 saturated heterocycles. The summed E-state index contributed by atoms with van der Waals surface area (Å²) in [6.07, 6.45) is 7.41. The minimum absolute atomic E-state index is 0.00668. The van der Waals surface area contributed by atoms with Crippen LogP contribution in [0.15, 0.2) is 42.7 Å². The van der Waals surface area contributed by atoms with Gasteiger partial charge in [-0.15, -0.1) is 5.10 Å². The van der Waals surface area contributed by atoms with Crippen molar-refractivity contribution in [1.29, 1.82) is 5.26 Å². The molecule has 1 aliphatic carbocycles. The number of nitrogens with zero attached hydrogens (tertiary/aromatic N) is 8. The number of piperidine rings is 1. The molecular weight excluding hydrogens is 528 g/mol. The van der Waals surface area contributed by atoms with Gasteiger partial charge >= 0.3 is 0 Å². The number of aliphatic hydroxyl groups is 1. The highest BCUT2D eigenvalue weighted by Gasteiger charge is 2.36. The molecule has 1 aliphatic heterocycles. The maximum absolute atomic E-state index is 16.1. The van der Waals surface area contributed by atoms with E-state index in [0.29, 0.717) is 58.8 Å². The Kier molecular flexibility index (Phi) is 5.95. The van der Waals surface area contributed by atoms with E-state index in [2.05, 4.69) is 20.2 Å². The van der Waals surface area contributed by atoms with E-state index in [9.17, 15) is 14.8 Å². The fourth-order valence-corrected chi connectivity index (χ4v) is 5.91. The molecule has 2 fully saturated rings. The second kappa shape index (κ2) is 9.57. The van der Waals surface area contributed by atoms with Crippen LogP contribution in [-0.4, -0.2) is 59.2 Å². The SMILES string of the molecule is N#Cc1ccc(-c2nc3c(N4CCC[C@@H](N)C4)nccn3c2-c2cc3nnn(CC4(O)CCC4)c3cc2F)cc1F. The van der Waals surface area contributed by atoms with Crippen molar-refractivity contribution < 1.29 is 13.9 Å². The van der Waals surface area contributed by atoms with Crippen LogP contribution < -0.4 is 10.6 Å². The molecule has 0 bridgehead atoms. The van der Waals surface area contributed by atoms with E-state index in [1.165, 1.54) is 22.9 Å². The predicted octanol–water partition coefficient (Wildman–Crippen LogP) is 3.80. The number of hydrogen-bond acceptors (Lipinski definition) is 8. The van der Waals surface area contributed by atoms with Crippen molar-refractivity contribution in [2.24, 2.45) is 5.73 Å². The quantitative estimate of drug-likeness (QED) is 0.335. The molecule has 208 valence electrons. The van der Waals surface area contributed by atoms with Crippen LogP contribution in [-0.2, 0) is 6.54 Å². The molecule has 5 aromatic rings. The van der Waals surface area contributed by atoms with Gasteiger partial charge in [-0.1, -0.05) is 11.3 Å². The van der Waals surface area contributed by atoms with E-state index in [1.807, 2.05) is 6.07 Å². The number of benzene rings is 2. The Labute approximate surface area is 233 Å². The number of fused-ring (bicyclic) bond motifs is 2. The first-order chi connectivity index (χ1) is 19.8. The summed E-state index contributed by atoms with van der Waals surface area (Å²) in [6, 6.07) is 9.01. The van der Waals surface area contributed by atoms with Gasteiger partial charge in [-0.25, -0.2) is 23.4 Å². The van der Waals surface area contributed by atoms with E-state index < -0.39 is 17.2 Å². The lowest BCUT2D eigenvalue weighted by atomic mass is 9.80. The van der Waals surface area contributed by atoms with Crippen LogP contribution in [0.25, 0.3) is 39.2 Å². The summed E-state index contributed by atoms with van der Waals surface area (Å²) in [4.78, 5) is 11.5. The lowest BCUT2D eigenvalue weighted by Gasteiger charge is -2.36. The van der Waals surface area contributed by atoms with Crippen LogP contribution in [0.3, 0.4) is 0 Å². The van der Waals surface area contributed by atoms with Crippen molar-refractivity contribution in [3.05, 3.63) is 59.9 Å². The van der Waals surface area contributed by atoms with Crippen molar-refractivity contribution in [2.45, 2.75) is 50.3 Å². The van der Waals surface area contributed by atoms with Gasteiger partial charge in [0.05, 0.1) is 34.6 Å². The maximum Gasteiger partial charge on any atom is 0.181 e. The Hall–Kier alpha value is -4.47. The molecular formula is C29H27F2N9O. The average Bonchev–Trinajstić information content (AvgIpc) is 3.52. The van der Waals surface area contributed by atoms with E-state index in [0.717, 1.165) is 25.8 Å². The number of nitrogens with two attached hydrogens (primary N) is 1. The number of rotatable bonds is 5. The van der Waals surface area contributed by atoms with E-state index >= 15 is 4.39 Å². The van der Waals surface area contributed by atoms with Crippen molar-refractivity contribution in [3.63, 3.8) is 0 Å². The zero-order valence-corrected chi connectivity index (χ0v) is 22.1. The van der Waals surface area contributed by atoms with E-state index in [4.69, 9.17) is 10.7 Å². The average molecular weight is 556 g/mol. The lowest BCUT2D eigenvalue weighted by Crippen LogP contribution is -2.43. The summed E-state index contributed by atoms with van der Waals surface area (Å²) in [7, 11) is 0. The molecule has 3 aromatic heterocycles. The normalized spacial score (nSPS) is 18.5. The van der Waals surface area contributed by atoms with Crippen LogP contribution in [0.5, 0.6) is 0 Å². The molecule has 7 rings (SSSR count). The Morgan fingerprint density at radius 1 is 1.15 bits per heavy atom. The summed E-state index contributed by atoms with van der Waals surface area (Å²) in [5.74, 6) is -0.635. The fourth-order valence-electron chi connectivity index (χ4n) is 5.91. The summed E-state index contributed by atoms with van der Waals surface area (Å²) in [6.45, 7) is 1.59. The topological polar surface area (TPSA) is 134 Å². The third-order valence-electron chi connectivity index (χ3n) is 8.23. The first kappa shape index (κ1) is 25.5. The van der Waals surface area contributed by atoms with Crippen LogP contribution in [0.2, 0.25) is 0 Å². The highest BCUT2D eigenvalue weighted by atomic mass is 19.1. The molecule has 0 radical (unpaired) electrons. The molecule has 0 unspecified atom stereocenters. The number of aromatic nitrogens is 6. The Bertz CT molecular complexity index is 1850. The second-order valence-corrected chi connectivity index (χ2v) is 11.1. The molecule has 10 nitrogen and oxygen atoms in total. The summed E-state index contributed by atoms with van der Waals surface area (Å²) >= 11 is 0. The minimum Gasteiger partial charge on any atom is -0.388 e. The van der Waals surface area contributed by atoms with Crippen molar-refractivity contribution in [3.8, 4) is 28.6 Å². The molecule has 0 amide bonds. The van der Waals surface area contributed by atoms with Crippen LogP contribution in [0.4, 0.5) is 14.6 Å². The van der Waals surface area contributed by atoms with Crippen LogP contribution >= 0.6 is 0 Å². The third kappa shape index (κ3) is 4.29. The van der Waals surface area contributed by atoms with Crippen molar-refractivity contribution >= 4 is 22.5 Å². The molecule has 2 aromatic carbocycles. The van der Waals surface area contributed by atoms with Crippen LogP contribution in [0, 0.1) is 23.0 Å². The van der Waals surface area contributed by atoms with Crippen LogP contribution in [0.1, 0.15) is 37.7 Å². The Balaban J connectivity index is 1.43. The van der Waals surface area contributed by atoms with Gasteiger partial charge in [0, 0.05) is 48.7 Å². The second-order valence-electron chi connectivity index (χ2n) is 11.1. The van der Waals surface area contributed by atoms with Gasteiger partial charge in [0.1, 0.15) is 23.2 Å². The summed E-state index contributed by atoms with van der Waals surface area (Å²) in [5, 5.41) is 28.3. The molecule has 12 heteroatoms. The Morgan fingerprint density at radius 2 is 2.00 bits per heavy atom. The molecule has 3 N–H and O–H groups in total. The fraction of sp³-hybridized carbons (Fsp3) is 0.345. The first-order valence-corrected chi connectivity index (χ1v) is 13.7. The van der Waals surface area contributed by atoms with Gasteiger partial charge in [-0.05, 0) is 50.3 Å². The molecule has 1 atom stereocenters. The van der Waals surface area contributed by atoms with Crippen molar-refractivity contribution in [1.82, 2.24) is 29.4 Å². The zero-order valence-electron chi connectivity index (χ0n) is 22.1. The van der Waals surface area contributed by atoms with Gasteiger partial charge in [0.15, 0.2) is 11.5 Å². The highest BCUT2D eigenvalue weighted by molar-refractivity contribution is 5.89. The van der Waals surface area contributed by atoms with Crippen molar-refractivity contribution in [2.75, 3.05) is 18.0 Å². The Morgan fingerprint density at radius 3 is 2.73 bits per heavy atom. The summed E-state index contributed by atoms with van der Waals surface area (Å²) in [5.41, 5.74) is 8.00. The molecule has 1 saturated carbocycles. The van der Waals surface area contributed by atoms with Gasteiger partial charge in [-0.2, -0.15) is 5.26 Å². The molecule has 41 heavy (non-hydrogen) atoms. The molecule has 4 heterocycles. The van der Waals surface area contributed by atoms with Gasteiger partial charge < -0.3 is 15.7 Å². The smallest absolute Gasteiger partial charge is 0.181 e. The van der Waals surface area contributed by atoms with Gasteiger partial charge in [0.2, 0.25) is 0 Å². The number of halogens is 2. The number of anilines is 1. The van der Waals surface area contributed by atoms with E-state index in [1.54, 1.807) is 28.9 Å². The molecule has 2 aliphatic rings. The first-order valence-electron chi connectivity index (χ1n) is 13.7. The molecule has 0 spiro atoms. The standard InChI is InChI=1S/C29H27F2N9O/c30-21-11-17(4-5-18(21)14-32)25-26(39-10-8-34-27(28(39)35-25)38-9-1-3-19(33)15-38)20-12-23-24(13-22(20)31)40(37-36-23)16-29(41)6-2-7-29/h4-5,8,10-13,19,41H,1-3,6-7,9,15-16,33H2/t19-/m1/s1. The maximum atomic E-state index is 16.1. The number of imidazole rings is 1. The largest absolute Gasteiger partial charge is 0.388 e. The van der Waals surface area contributed by atoms with Gasteiger partial charge in [0.25, 0.3) is 0 Å². The van der Waals surface area contributed by atoms with E-state index in [-0.39, 0.29) is 23.7 Å².